The number of nitrogens with zero attached hydrogens (tertiary/aromatic N) is 5. The first-order valence-corrected chi connectivity index (χ1v) is 9.29. The molecule has 9 heteroatoms. The van der Waals surface area contributed by atoms with E-state index in [2.05, 4.69) is 19.9 Å². The molecule has 0 N–H and O–H groups in total. The average molecular weight is 390 g/mol. The van der Waals surface area contributed by atoms with Crippen LogP contribution in [0.1, 0.15) is 16.8 Å². The van der Waals surface area contributed by atoms with Gasteiger partial charge in [-0.1, -0.05) is 11.6 Å². The third-order valence-corrected chi connectivity index (χ3v) is 4.89. The largest absolute Gasteiger partial charge is 0.471 e. The lowest BCUT2D eigenvalue weighted by Gasteiger charge is -2.34. The molecule has 4 heterocycles. The Bertz CT molecular complexity index is 793. The monoisotopic (exact) mass is 389 g/mol. The van der Waals surface area contributed by atoms with Crippen molar-refractivity contribution in [2.24, 2.45) is 0 Å². The summed E-state index contributed by atoms with van der Waals surface area (Å²) in [5, 5.41) is 0.337. The maximum Gasteiger partial charge on any atom is 0.255 e. The molecule has 0 spiro atoms. The van der Waals surface area contributed by atoms with E-state index in [1.807, 2.05) is 0 Å². The molecule has 1 atom stereocenters. The molecule has 0 aliphatic carbocycles. The lowest BCUT2D eigenvalue weighted by molar-refractivity contribution is 0.0745. The van der Waals surface area contributed by atoms with Crippen molar-refractivity contribution in [2.45, 2.75) is 12.5 Å². The van der Waals surface area contributed by atoms with Gasteiger partial charge in [-0.25, -0.2) is 15.0 Å². The van der Waals surface area contributed by atoms with E-state index in [4.69, 9.17) is 21.1 Å². The number of hydrogen-bond acceptors (Lipinski definition) is 7. The fourth-order valence-corrected chi connectivity index (χ4v) is 3.35. The molecule has 2 aromatic rings. The van der Waals surface area contributed by atoms with E-state index in [9.17, 15) is 4.79 Å². The number of hydrogen-bond donors (Lipinski definition) is 0. The van der Waals surface area contributed by atoms with Crippen molar-refractivity contribution in [2.75, 3.05) is 44.3 Å². The van der Waals surface area contributed by atoms with Gasteiger partial charge in [0.05, 0.1) is 18.8 Å². The van der Waals surface area contributed by atoms with Crippen molar-refractivity contribution in [1.29, 1.82) is 0 Å². The fraction of sp³-hybridized carbons (Fsp3) is 0.444. The van der Waals surface area contributed by atoms with Gasteiger partial charge in [-0.3, -0.25) is 4.79 Å². The van der Waals surface area contributed by atoms with Crippen molar-refractivity contribution < 1.29 is 14.3 Å². The molecule has 8 nitrogen and oxygen atoms in total. The summed E-state index contributed by atoms with van der Waals surface area (Å²) < 4.78 is 11.0. The zero-order chi connectivity index (χ0) is 18.6. The Morgan fingerprint density at radius 3 is 2.63 bits per heavy atom. The summed E-state index contributed by atoms with van der Waals surface area (Å²) in [6.45, 7) is 3.76. The smallest absolute Gasteiger partial charge is 0.255 e. The van der Waals surface area contributed by atoms with Crippen molar-refractivity contribution >= 4 is 23.5 Å². The summed E-state index contributed by atoms with van der Waals surface area (Å²) >= 11 is 6.27. The molecule has 0 bridgehead atoms. The Hall–Kier alpha value is -2.45. The van der Waals surface area contributed by atoms with Crippen LogP contribution in [0.2, 0.25) is 5.02 Å². The van der Waals surface area contributed by atoms with Crippen LogP contribution in [0, 0.1) is 0 Å². The predicted molar refractivity (Wildman–Crippen MR) is 99.2 cm³/mol. The predicted octanol–water partition coefficient (Wildman–Crippen LogP) is 1.66. The minimum absolute atomic E-state index is 0.0372. The van der Waals surface area contributed by atoms with Gasteiger partial charge in [0.1, 0.15) is 11.1 Å². The van der Waals surface area contributed by atoms with Crippen LogP contribution >= 0.6 is 11.6 Å². The van der Waals surface area contributed by atoms with E-state index >= 15 is 0 Å². The molecule has 1 amide bonds. The number of amides is 1. The van der Waals surface area contributed by atoms with Crippen LogP contribution in [0.3, 0.4) is 0 Å². The van der Waals surface area contributed by atoms with Crippen molar-refractivity contribution in [1.82, 2.24) is 19.9 Å². The minimum Gasteiger partial charge on any atom is -0.471 e. The number of aromatic nitrogens is 3. The van der Waals surface area contributed by atoms with Gasteiger partial charge in [0.25, 0.3) is 5.91 Å². The Kier molecular flexibility index (Phi) is 5.35. The number of piperazine rings is 1. The van der Waals surface area contributed by atoms with Gasteiger partial charge in [-0.15, -0.1) is 0 Å². The summed E-state index contributed by atoms with van der Waals surface area (Å²) in [4.78, 5) is 29.4. The van der Waals surface area contributed by atoms with Gasteiger partial charge in [0, 0.05) is 51.2 Å². The molecule has 2 saturated heterocycles. The molecule has 0 saturated carbocycles. The summed E-state index contributed by atoms with van der Waals surface area (Å²) in [7, 11) is 0. The molecule has 27 heavy (non-hydrogen) atoms. The highest BCUT2D eigenvalue weighted by Crippen LogP contribution is 2.26. The highest BCUT2D eigenvalue weighted by molar-refractivity contribution is 6.32. The minimum atomic E-state index is -0.0891. The molecular weight excluding hydrogens is 370 g/mol. The number of carbonyl (C=O) groups excluding carboxylic acids is 1. The van der Waals surface area contributed by atoms with Crippen LogP contribution in [0.5, 0.6) is 5.88 Å². The van der Waals surface area contributed by atoms with Gasteiger partial charge < -0.3 is 19.3 Å². The lowest BCUT2D eigenvalue weighted by atomic mass is 10.2. The summed E-state index contributed by atoms with van der Waals surface area (Å²) in [6, 6.07) is 3.40. The van der Waals surface area contributed by atoms with Crippen molar-refractivity contribution in [3.63, 3.8) is 0 Å². The Labute approximate surface area is 162 Å². The molecule has 0 aromatic carbocycles. The maximum atomic E-state index is 12.8. The first-order chi connectivity index (χ1) is 13.2. The van der Waals surface area contributed by atoms with Crippen LogP contribution < -0.4 is 9.64 Å². The van der Waals surface area contributed by atoms with Gasteiger partial charge in [-0.2, -0.15) is 0 Å². The Morgan fingerprint density at radius 2 is 1.96 bits per heavy atom. The number of pyridine rings is 1. The third kappa shape index (κ3) is 4.12. The number of anilines is 1. The standard InChI is InChI=1S/C18H20ClN5O3/c19-15-10-13(11-22-16(15)27-14-2-9-26-12-14)17(25)23-5-7-24(8-6-23)18-20-3-1-4-21-18/h1,3-4,10-11,14H,2,5-9,12H2/t14-/m1/s1. The van der Waals surface area contributed by atoms with Gasteiger partial charge in [0.15, 0.2) is 0 Å². The number of halogens is 1. The Balaban J connectivity index is 1.37. The molecule has 0 radical (unpaired) electrons. The quantitative estimate of drug-likeness (QED) is 0.786. The van der Waals surface area contributed by atoms with Crippen LogP contribution in [0.15, 0.2) is 30.7 Å². The first kappa shape index (κ1) is 17.9. The number of ether oxygens (including phenoxy) is 2. The fourth-order valence-electron chi connectivity index (χ4n) is 3.14. The van der Waals surface area contributed by atoms with Crippen LogP contribution in [-0.2, 0) is 4.74 Å². The van der Waals surface area contributed by atoms with E-state index < -0.39 is 0 Å². The van der Waals surface area contributed by atoms with Crippen molar-refractivity contribution in [3.8, 4) is 5.88 Å². The highest BCUT2D eigenvalue weighted by Gasteiger charge is 2.25. The van der Waals surface area contributed by atoms with Gasteiger partial charge >= 0.3 is 0 Å². The van der Waals surface area contributed by atoms with E-state index in [0.29, 0.717) is 61.8 Å². The SMILES string of the molecule is O=C(c1cnc(O[C@@H]2CCOC2)c(Cl)c1)N1CCN(c2ncccn2)CC1. The summed E-state index contributed by atoms with van der Waals surface area (Å²) in [6.07, 6.45) is 5.73. The first-order valence-electron chi connectivity index (χ1n) is 8.92. The topological polar surface area (TPSA) is 80.7 Å². The highest BCUT2D eigenvalue weighted by atomic mass is 35.5. The second-order valence-electron chi connectivity index (χ2n) is 6.44. The molecule has 0 unspecified atom stereocenters. The van der Waals surface area contributed by atoms with E-state index in [1.165, 1.54) is 6.20 Å². The number of rotatable bonds is 4. The normalized spacial score (nSPS) is 20.0. The van der Waals surface area contributed by atoms with E-state index in [0.717, 1.165) is 6.42 Å². The van der Waals surface area contributed by atoms with Crippen LogP contribution in [0.25, 0.3) is 0 Å². The van der Waals surface area contributed by atoms with Gasteiger partial charge in [-0.05, 0) is 12.1 Å². The van der Waals surface area contributed by atoms with Gasteiger partial charge in [0.2, 0.25) is 11.8 Å². The Morgan fingerprint density at radius 1 is 1.19 bits per heavy atom. The number of carbonyl (C=O) groups is 1. The second kappa shape index (κ2) is 8.06. The van der Waals surface area contributed by atoms with Crippen LogP contribution in [0.4, 0.5) is 5.95 Å². The third-order valence-electron chi connectivity index (χ3n) is 4.62. The van der Waals surface area contributed by atoms with E-state index in [-0.39, 0.29) is 12.0 Å². The van der Waals surface area contributed by atoms with E-state index in [1.54, 1.807) is 29.4 Å². The summed E-state index contributed by atoms with van der Waals surface area (Å²) in [5.74, 6) is 0.940. The second-order valence-corrected chi connectivity index (χ2v) is 6.85. The average Bonchev–Trinajstić information content (AvgIpc) is 3.23. The maximum absolute atomic E-state index is 12.8. The molecule has 2 aliphatic heterocycles. The molecule has 2 fully saturated rings. The molecular formula is C18H20ClN5O3. The zero-order valence-corrected chi connectivity index (χ0v) is 15.5. The van der Waals surface area contributed by atoms with Crippen LogP contribution in [-0.4, -0.2) is 71.3 Å². The molecule has 142 valence electrons. The zero-order valence-electron chi connectivity index (χ0n) is 14.8. The lowest BCUT2D eigenvalue weighted by Crippen LogP contribution is -2.49. The van der Waals surface area contributed by atoms with Crippen molar-refractivity contribution in [3.05, 3.63) is 41.3 Å². The molecule has 2 aromatic heterocycles. The summed E-state index contributed by atoms with van der Waals surface area (Å²) in [5.41, 5.74) is 0.458. The molecule has 4 rings (SSSR count). The molecule has 2 aliphatic rings.